The molecule has 0 aliphatic rings. The summed E-state index contributed by atoms with van der Waals surface area (Å²) in [6.07, 6.45) is 3.47. The van der Waals surface area contributed by atoms with E-state index in [1.54, 1.807) is 36.4 Å². The lowest BCUT2D eigenvalue weighted by Crippen LogP contribution is -2.22. The maximum atomic E-state index is 13.3. The van der Waals surface area contributed by atoms with Crippen LogP contribution in [0.1, 0.15) is 21.7 Å². The number of aromatic nitrogens is 2. The molecule has 0 fully saturated rings. The number of non-ortho nitro benzene ring substituents is 1. The minimum Gasteiger partial charge on any atom is -0.465 e. The minimum atomic E-state index is -0.530. The summed E-state index contributed by atoms with van der Waals surface area (Å²) < 4.78 is 6.12. The van der Waals surface area contributed by atoms with E-state index < -0.39 is 10.9 Å². The molecule has 0 saturated heterocycles. The van der Waals surface area contributed by atoms with Gasteiger partial charge in [-0.3, -0.25) is 19.5 Å². The first kappa shape index (κ1) is 20.7. The van der Waals surface area contributed by atoms with Crippen LogP contribution in [0.4, 0.5) is 5.69 Å². The number of hydrogen-bond acceptors (Lipinski definition) is 6. The fraction of sp³-hybridized carbons (Fsp3) is 0.0417. The third-order valence-electron chi connectivity index (χ3n) is 4.86. The van der Waals surface area contributed by atoms with Crippen LogP contribution in [-0.2, 0) is 4.74 Å². The van der Waals surface area contributed by atoms with Crippen molar-refractivity contribution in [2.45, 2.75) is 0 Å². The van der Waals surface area contributed by atoms with E-state index in [1.807, 2.05) is 30.3 Å². The molecule has 0 aliphatic heterocycles. The Kier molecular flexibility index (Phi) is 5.59. The van der Waals surface area contributed by atoms with Crippen LogP contribution in [-0.4, -0.2) is 27.6 Å². The van der Waals surface area contributed by atoms with E-state index in [9.17, 15) is 19.7 Å². The molecule has 0 bridgehead atoms. The molecule has 1 aromatic heterocycles. The van der Waals surface area contributed by atoms with Crippen LogP contribution in [0.3, 0.4) is 0 Å². The third kappa shape index (κ3) is 4.01. The Labute approximate surface area is 182 Å². The first-order chi connectivity index (χ1) is 15.5. The summed E-state index contributed by atoms with van der Waals surface area (Å²) in [7, 11) is 1.29. The van der Waals surface area contributed by atoms with Gasteiger partial charge >= 0.3 is 5.97 Å². The van der Waals surface area contributed by atoms with Gasteiger partial charge in [-0.1, -0.05) is 36.4 Å². The fourth-order valence-corrected chi connectivity index (χ4v) is 3.27. The molecule has 0 amide bonds. The second-order valence-electron chi connectivity index (χ2n) is 6.85. The predicted octanol–water partition coefficient (Wildman–Crippen LogP) is 4.25. The van der Waals surface area contributed by atoms with Crippen LogP contribution in [0.25, 0.3) is 28.7 Å². The molecular weight excluding hydrogens is 410 g/mol. The van der Waals surface area contributed by atoms with Crippen LogP contribution >= 0.6 is 0 Å². The predicted molar refractivity (Wildman–Crippen MR) is 121 cm³/mol. The second kappa shape index (κ2) is 8.65. The number of esters is 1. The Balaban J connectivity index is 1.92. The van der Waals surface area contributed by atoms with E-state index in [4.69, 9.17) is 4.74 Å². The summed E-state index contributed by atoms with van der Waals surface area (Å²) >= 11 is 0. The molecule has 1 heterocycles. The Hall–Kier alpha value is -4.59. The SMILES string of the molecule is COC(=O)c1ccc(-n2c(/C=C/c3ccccc3)nc3cc([N+](=O)[O-])ccc3c2=O)cc1. The number of nitrogens with zero attached hydrogens (tertiary/aromatic N) is 3. The molecule has 4 rings (SSSR count). The normalized spacial score (nSPS) is 11.0. The molecule has 0 saturated carbocycles. The number of ether oxygens (including phenoxy) is 1. The van der Waals surface area contributed by atoms with Gasteiger partial charge in [-0.2, -0.15) is 0 Å². The van der Waals surface area contributed by atoms with Crippen LogP contribution < -0.4 is 5.56 Å². The van der Waals surface area contributed by atoms with Crippen molar-refractivity contribution in [2.24, 2.45) is 0 Å². The van der Waals surface area contributed by atoms with Gasteiger partial charge in [0.2, 0.25) is 0 Å². The highest BCUT2D eigenvalue weighted by atomic mass is 16.6. The molecule has 0 aliphatic carbocycles. The molecule has 3 aromatic carbocycles. The Morgan fingerprint density at radius 1 is 1.03 bits per heavy atom. The number of carbonyl (C=O) groups excluding carboxylic acids is 1. The number of rotatable bonds is 5. The molecule has 4 aromatic rings. The number of carbonyl (C=O) groups is 1. The van der Waals surface area contributed by atoms with Gasteiger partial charge in [-0.25, -0.2) is 9.78 Å². The van der Waals surface area contributed by atoms with Crippen molar-refractivity contribution < 1.29 is 14.5 Å². The van der Waals surface area contributed by atoms with E-state index >= 15 is 0 Å². The first-order valence-electron chi connectivity index (χ1n) is 9.61. The van der Waals surface area contributed by atoms with Crippen LogP contribution in [0, 0.1) is 10.1 Å². The van der Waals surface area contributed by atoms with Gasteiger partial charge in [0.25, 0.3) is 11.2 Å². The number of methoxy groups -OCH3 is 1. The standard InChI is InChI=1S/C24H17N3O5/c1-32-24(29)17-8-10-18(11-9-17)26-22(14-7-16-5-3-2-4-6-16)25-21-15-19(27(30)31)12-13-20(21)23(26)28/h2-15H,1H3/b14-7+. The van der Waals surface area contributed by atoms with Crippen molar-refractivity contribution in [1.82, 2.24) is 9.55 Å². The summed E-state index contributed by atoms with van der Waals surface area (Å²) in [5.74, 6) is -0.199. The number of nitro groups is 1. The van der Waals surface area contributed by atoms with Gasteiger partial charge < -0.3 is 4.74 Å². The Morgan fingerprint density at radius 2 is 1.75 bits per heavy atom. The minimum absolute atomic E-state index is 0.150. The molecule has 8 heteroatoms. The average molecular weight is 427 g/mol. The zero-order valence-electron chi connectivity index (χ0n) is 17.0. The Bertz CT molecular complexity index is 1410. The molecule has 0 unspecified atom stereocenters. The maximum absolute atomic E-state index is 13.3. The van der Waals surface area contributed by atoms with Crippen LogP contribution in [0.5, 0.6) is 0 Å². The van der Waals surface area contributed by atoms with Gasteiger partial charge in [0.05, 0.1) is 34.2 Å². The van der Waals surface area contributed by atoms with E-state index in [-0.39, 0.29) is 28.0 Å². The Morgan fingerprint density at radius 3 is 2.41 bits per heavy atom. The molecule has 0 atom stereocenters. The summed E-state index contributed by atoms with van der Waals surface area (Å²) in [6.45, 7) is 0. The lowest BCUT2D eigenvalue weighted by molar-refractivity contribution is -0.384. The van der Waals surface area contributed by atoms with Crippen molar-refractivity contribution in [3.63, 3.8) is 0 Å². The van der Waals surface area contributed by atoms with Crippen molar-refractivity contribution in [2.75, 3.05) is 7.11 Å². The molecule has 8 nitrogen and oxygen atoms in total. The zero-order valence-corrected chi connectivity index (χ0v) is 17.0. The number of fused-ring (bicyclic) bond motifs is 1. The van der Waals surface area contributed by atoms with E-state index in [1.165, 1.54) is 29.9 Å². The van der Waals surface area contributed by atoms with Crippen LogP contribution in [0.2, 0.25) is 0 Å². The lowest BCUT2D eigenvalue weighted by Gasteiger charge is -2.12. The van der Waals surface area contributed by atoms with E-state index in [2.05, 4.69) is 4.98 Å². The van der Waals surface area contributed by atoms with E-state index in [0.29, 0.717) is 11.3 Å². The largest absolute Gasteiger partial charge is 0.465 e. The quantitative estimate of drug-likeness (QED) is 0.268. The topological polar surface area (TPSA) is 104 Å². The molecule has 32 heavy (non-hydrogen) atoms. The average Bonchev–Trinajstić information content (AvgIpc) is 2.82. The summed E-state index contributed by atoms with van der Waals surface area (Å²) in [4.78, 5) is 40.3. The zero-order chi connectivity index (χ0) is 22.7. The number of hydrogen-bond donors (Lipinski definition) is 0. The molecule has 158 valence electrons. The molecule has 0 spiro atoms. The van der Waals surface area contributed by atoms with Gasteiger partial charge in [0.15, 0.2) is 0 Å². The van der Waals surface area contributed by atoms with E-state index in [0.717, 1.165) is 5.56 Å². The van der Waals surface area contributed by atoms with Crippen molar-refractivity contribution in [1.29, 1.82) is 0 Å². The van der Waals surface area contributed by atoms with Crippen molar-refractivity contribution in [3.8, 4) is 5.69 Å². The van der Waals surface area contributed by atoms with Gasteiger partial charge in [-0.15, -0.1) is 0 Å². The third-order valence-corrected chi connectivity index (χ3v) is 4.86. The lowest BCUT2D eigenvalue weighted by atomic mass is 10.1. The maximum Gasteiger partial charge on any atom is 0.337 e. The highest BCUT2D eigenvalue weighted by molar-refractivity contribution is 5.89. The highest BCUT2D eigenvalue weighted by Crippen LogP contribution is 2.20. The second-order valence-corrected chi connectivity index (χ2v) is 6.85. The number of benzene rings is 3. The van der Waals surface area contributed by atoms with Gasteiger partial charge in [0, 0.05) is 12.1 Å². The van der Waals surface area contributed by atoms with Gasteiger partial charge in [0.1, 0.15) is 5.82 Å². The van der Waals surface area contributed by atoms with Crippen molar-refractivity contribution in [3.05, 3.63) is 110 Å². The van der Waals surface area contributed by atoms with Crippen molar-refractivity contribution >= 4 is 34.7 Å². The monoisotopic (exact) mass is 427 g/mol. The summed E-state index contributed by atoms with van der Waals surface area (Å²) in [5.41, 5.74) is 1.41. The summed E-state index contributed by atoms with van der Waals surface area (Å²) in [5, 5.41) is 11.4. The molecule has 0 radical (unpaired) electrons. The fourth-order valence-electron chi connectivity index (χ4n) is 3.27. The number of nitro benzene ring substituents is 1. The summed E-state index contributed by atoms with van der Waals surface area (Å²) in [6, 6.07) is 19.7. The van der Waals surface area contributed by atoms with Gasteiger partial charge in [-0.05, 0) is 42.0 Å². The molecule has 0 N–H and O–H groups in total. The molecular formula is C24H17N3O5. The first-order valence-corrected chi connectivity index (χ1v) is 9.61. The van der Waals surface area contributed by atoms with Crippen LogP contribution in [0.15, 0.2) is 77.6 Å². The highest BCUT2D eigenvalue weighted by Gasteiger charge is 2.15. The smallest absolute Gasteiger partial charge is 0.337 e.